The molecule has 0 aromatic carbocycles. The van der Waals surface area contributed by atoms with Crippen molar-refractivity contribution in [3.05, 3.63) is 0 Å². The molecule has 4 fully saturated rings. The molecule has 0 radical (unpaired) electrons. The zero-order chi connectivity index (χ0) is 34.7. The fraction of sp³-hybridized carbons (Fsp3) is 1.00. The molecule has 0 aromatic rings. The lowest BCUT2D eigenvalue weighted by atomic mass is 9.99. The van der Waals surface area contributed by atoms with Gasteiger partial charge in [-0.3, -0.25) is 0 Å². The molecule has 4 aliphatic heterocycles. The summed E-state index contributed by atoms with van der Waals surface area (Å²) in [4.78, 5) is 0. The number of hydrogen-bond acceptors (Lipinski definition) is 22. The third-order valence-electron chi connectivity index (χ3n) is 8.08. The van der Waals surface area contributed by atoms with Gasteiger partial charge < -0.3 is 110 Å². The second kappa shape index (κ2) is 16.2. The van der Waals surface area contributed by atoms with Crippen LogP contribution < -0.4 is 0 Å². The molecule has 0 saturated carbocycles. The molecule has 22 nitrogen and oxygen atoms in total. The van der Waals surface area contributed by atoms with Crippen LogP contribution in [0.4, 0.5) is 0 Å². The summed E-state index contributed by atoms with van der Waals surface area (Å²) in [7, 11) is 0. The molecule has 16 N–H and O–H groups in total. The Morgan fingerprint density at radius 2 is 0.739 bits per heavy atom. The summed E-state index contributed by atoms with van der Waals surface area (Å²) in [6.07, 6.45) is -24.4. The van der Waals surface area contributed by atoms with Gasteiger partial charge >= 0.3 is 0 Å². The van der Waals surface area contributed by atoms with E-state index in [0.29, 0.717) is 0 Å². The van der Waals surface area contributed by atoms with Crippen LogP contribution in [-0.2, 0) is 28.4 Å². The molecule has 0 spiro atoms. The van der Waals surface area contributed by atoms with Crippen molar-refractivity contribution >= 4 is 0 Å². The van der Waals surface area contributed by atoms with E-state index >= 15 is 0 Å². The summed E-state index contributed by atoms with van der Waals surface area (Å²) in [5.41, 5.74) is 0. The normalized spacial score (nSPS) is 51.1. The molecule has 18 atom stereocenters. The molecule has 4 heterocycles. The summed E-state index contributed by atoms with van der Waals surface area (Å²) in [5, 5.41) is 153. The molecule has 0 amide bonds. The van der Waals surface area contributed by atoms with E-state index in [1.807, 2.05) is 0 Å². The summed E-state index contributed by atoms with van der Waals surface area (Å²) in [5.74, 6) is -4.74. The summed E-state index contributed by atoms with van der Waals surface area (Å²) < 4.78 is 30.6. The van der Waals surface area contributed by atoms with Crippen LogP contribution in [0.15, 0.2) is 0 Å². The van der Waals surface area contributed by atoms with Gasteiger partial charge in [0.1, 0.15) is 85.5 Å². The van der Waals surface area contributed by atoms with Gasteiger partial charge in [0.2, 0.25) is 11.6 Å². The predicted octanol–water partition coefficient (Wildman–Crippen LogP) is -10.8. The van der Waals surface area contributed by atoms with Crippen LogP contribution in [0.2, 0.25) is 0 Å². The SMILES string of the molecule is OC[C@H]1O[C@@H](O[C@@H]2[C@@H](CO)O[C@](O)(CO)[C@H]2O)[C@H](O)[C@@H](O)[C@H]1O.OC[C@H]1O[C@@H](O[C@@H]2[C@@H](CO)O[C@](O)(CO)[C@H]2O)[C@H](O)[C@@H](O)[C@H]1O. The highest BCUT2D eigenvalue weighted by Gasteiger charge is 2.58. The fourth-order valence-electron chi connectivity index (χ4n) is 5.26. The van der Waals surface area contributed by atoms with E-state index in [0.717, 1.165) is 0 Å². The van der Waals surface area contributed by atoms with Gasteiger partial charge in [-0.15, -0.1) is 0 Å². The predicted molar refractivity (Wildman–Crippen MR) is 137 cm³/mol. The van der Waals surface area contributed by atoms with E-state index in [1.165, 1.54) is 0 Å². The molecule has 272 valence electrons. The molecule has 4 saturated heterocycles. The third-order valence-corrected chi connectivity index (χ3v) is 8.08. The van der Waals surface area contributed by atoms with Gasteiger partial charge in [0.25, 0.3) is 0 Å². The second-order valence-corrected chi connectivity index (χ2v) is 11.2. The van der Waals surface area contributed by atoms with Gasteiger partial charge in [0.05, 0.1) is 39.6 Å². The Hall–Kier alpha value is -0.880. The van der Waals surface area contributed by atoms with Gasteiger partial charge in [-0.25, -0.2) is 0 Å². The first-order valence-electron chi connectivity index (χ1n) is 14.1. The Morgan fingerprint density at radius 1 is 0.435 bits per heavy atom. The minimum atomic E-state index is -2.37. The summed E-state index contributed by atoms with van der Waals surface area (Å²) in [6, 6.07) is 0. The number of rotatable bonds is 10. The van der Waals surface area contributed by atoms with E-state index in [2.05, 4.69) is 0 Å². The van der Waals surface area contributed by atoms with E-state index in [4.69, 9.17) is 48.8 Å². The second-order valence-electron chi connectivity index (χ2n) is 11.2. The van der Waals surface area contributed by atoms with Crippen LogP contribution in [0, 0.1) is 0 Å². The molecule has 4 aliphatic rings. The summed E-state index contributed by atoms with van der Waals surface area (Å²) in [6.45, 7) is -4.64. The molecule has 4 rings (SSSR count). The Balaban J connectivity index is 0.000000250. The Labute approximate surface area is 260 Å². The average Bonchev–Trinajstić information content (AvgIpc) is 3.45. The number of aliphatic hydroxyl groups excluding tert-OH is 14. The Bertz CT molecular complexity index is 858. The lowest BCUT2D eigenvalue weighted by molar-refractivity contribution is -0.318. The zero-order valence-electron chi connectivity index (χ0n) is 24.1. The van der Waals surface area contributed by atoms with Crippen molar-refractivity contribution in [3.63, 3.8) is 0 Å². The highest BCUT2D eigenvalue weighted by atomic mass is 16.8. The van der Waals surface area contributed by atoms with E-state index in [-0.39, 0.29) is 0 Å². The van der Waals surface area contributed by atoms with Crippen molar-refractivity contribution in [1.29, 1.82) is 0 Å². The molecule has 46 heavy (non-hydrogen) atoms. The summed E-state index contributed by atoms with van der Waals surface area (Å²) >= 11 is 0. The van der Waals surface area contributed by atoms with Crippen molar-refractivity contribution in [1.82, 2.24) is 0 Å². The molecule has 0 unspecified atom stereocenters. The maximum atomic E-state index is 10.00. The van der Waals surface area contributed by atoms with Gasteiger partial charge in [-0.2, -0.15) is 0 Å². The number of aliphatic hydroxyl groups is 16. The van der Waals surface area contributed by atoms with Crippen LogP contribution in [0.5, 0.6) is 0 Å². The first kappa shape index (κ1) is 39.6. The monoisotopic (exact) mass is 684 g/mol. The van der Waals surface area contributed by atoms with Crippen LogP contribution >= 0.6 is 0 Å². The van der Waals surface area contributed by atoms with Crippen molar-refractivity contribution in [2.75, 3.05) is 39.6 Å². The Kier molecular flexibility index (Phi) is 13.9. The lowest BCUT2D eigenvalue weighted by Crippen LogP contribution is -2.60. The molecular weight excluding hydrogens is 640 g/mol. The smallest absolute Gasteiger partial charge is 0.219 e. The molecular formula is C24H44O22. The standard InChI is InChI=1S/2C12H22O11/c2*13-1-4-6(16)7(17)8(18)11(21-4)22-9-5(2-14)23-12(20,3-15)10(9)19/h2*4-11,13-20H,1-3H2/t2*4-,5-,6+,7+,8-,9-,10+,11+,12-/m11/s1. The molecule has 0 bridgehead atoms. The Morgan fingerprint density at radius 3 is 1.00 bits per heavy atom. The van der Waals surface area contributed by atoms with Gasteiger partial charge in [0, 0.05) is 0 Å². The first-order valence-corrected chi connectivity index (χ1v) is 14.1. The topological polar surface area (TPSA) is 379 Å². The fourth-order valence-corrected chi connectivity index (χ4v) is 5.26. The van der Waals surface area contributed by atoms with E-state index in [9.17, 15) is 61.3 Å². The number of hydrogen-bond donors (Lipinski definition) is 16. The van der Waals surface area contributed by atoms with Gasteiger partial charge in [-0.1, -0.05) is 0 Å². The third kappa shape index (κ3) is 7.79. The van der Waals surface area contributed by atoms with Crippen molar-refractivity contribution < 1.29 is 110 Å². The molecule has 0 aliphatic carbocycles. The quantitative estimate of drug-likeness (QED) is 0.101. The van der Waals surface area contributed by atoms with Gasteiger partial charge in [0.15, 0.2) is 12.6 Å². The number of ether oxygens (including phenoxy) is 6. The van der Waals surface area contributed by atoms with Crippen LogP contribution in [-0.4, -0.2) is 231 Å². The van der Waals surface area contributed by atoms with Crippen LogP contribution in [0.25, 0.3) is 0 Å². The van der Waals surface area contributed by atoms with E-state index < -0.39 is 149 Å². The minimum absolute atomic E-state index is 0.668. The van der Waals surface area contributed by atoms with Crippen molar-refractivity contribution in [2.24, 2.45) is 0 Å². The van der Waals surface area contributed by atoms with Crippen LogP contribution in [0.3, 0.4) is 0 Å². The molecule has 0 aromatic heterocycles. The lowest BCUT2D eigenvalue weighted by Gasteiger charge is -2.41. The first-order chi connectivity index (χ1) is 21.6. The maximum Gasteiger partial charge on any atom is 0.219 e. The highest BCUT2D eigenvalue weighted by Crippen LogP contribution is 2.35. The van der Waals surface area contributed by atoms with Crippen molar-refractivity contribution in [2.45, 2.75) is 110 Å². The van der Waals surface area contributed by atoms with Gasteiger partial charge in [-0.05, 0) is 0 Å². The van der Waals surface area contributed by atoms with Crippen LogP contribution in [0.1, 0.15) is 0 Å². The van der Waals surface area contributed by atoms with Crippen molar-refractivity contribution in [3.8, 4) is 0 Å². The maximum absolute atomic E-state index is 10.00. The average molecular weight is 685 g/mol. The zero-order valence-corrected chi connectivity index (χ0v) is 24.1. The minimum Gasteiger partial charge on any atom is -0.394 e. The van der Waals surface area contributed by atoms with E-state index in [1.54, 1.807) is 0 Å². The molecule has 22 heteroatoms. The largest absolute Gasteiger partial charge is 0.394 e. The highest BCUT2D eigenvalue weighted by molar-refractivity contribution is 4.99.